The topological polar surface area (TPSA) is 77.2 Å². The summed E-state index contributed by atoms with van der Waals surface area (Å²) in [6.07, 6.45) is 1.66. The first kappa shape index (κ1) is 17.9. The van der Waals surface area contributed by atoms with Crippen LogP contribution in [-0.4, -0.2) is 22.5 Å². The van der Waals surface area contributed by atoms with E-state index in [1.165, 1.54) is 0 Å². The van der Waals surface area contributed by atoms with Crippen LogP contribution in [0.2, 0.25) is 0 Å². The number of nitrogens with zero attached hydrogens (tertiary/aromatic N) is 2. The number of oxazole rings is 1. The van der Waals surface area contributed by atoms with Crippen LogP contribution < -0.4 is 10.1 Å². The van der Waals surface area contributed by atoms with Crippen molar-refractivity contribution in [3.8, 4) is 17.2 Å². The number of ether oxygens (including phenoxy) is 1. The first-order valence-corrected chi connectivity index (χ1v) is 9.48. The second kappa shape index (κ2) is 7.67. The fourth-order valence-corrected chi connectivity index (χ4v) is 3.19. The lowest BCUT2D eigenvalue weighted by molar-refractivity contribution is -0.118. The molecule has 0 atom stereocenters. The number of benzene rings is 3. The number of hydrogen-bond acceptors (Lipinski definition) is 5. The van der Waals surface area contributed by atoms with E-state index in [0.29, 0.717) is 28.6 Å². The Morgan fingerprint density at radius 3 is 2.60 bits per heavy atom. The molecule has 5 aromatic rings. The number of aromatic nitrogens is 2. The standard InChI is InChI=1S/C24H17N3O3/c28-22(15-29-20-12-9-16-4-1-2-5-18(16)14-20)26-19-10-7-17(8-11-19)23-27-21-6-3-13-25-24(21)30-23/h1-14H,15H2,(H,26,28). The maximum Gasteiger partial charge on any atom is 0.262 e. The van der Waals surface area contributed by atoms with Crippen LogP contribution in [-0.2, 0) is 4.79 Å². The first-order valence-electron chi connectivity index (χ1n) is 9.48. The number of carbonyl (C=O) groups is 1. The molecule has 0 saturated carbocycles. The van der Waals surface area contributed by atoms with E-state index in [1.807, 2.05) is 66.7 Å². The summed E-state index contributed by atoms with van der Waals surface area (Å²) in [5, 5.41) is 5.03. The van der Waals surface area contributed by atoms with E-state index in [1.54, 1.807) is 18.3 Å². The molecule has 1 N–H and O–H groups in total. The van der Waals surface area contributed by atoms with Gasteiger partial charge in [-0.3, -0.25) is 4.79 Å². The van der Waals surface area contributed by atoms with Gasteiger partial charge in [0.15, 0.2) is 6.61 Å². The lowest BCUT2D eigenvalue weighted by Gasteiger charge is -2.08. The highest BCUT2D eigenvalue weighted by atomic mass is 16.5. The van der Waals surface area contributed by atoms with Gasteiger partial charge in [0, 0.05) is 17.4 Å². The van der Waals surface area contributed by atoms with Crippen LogP contribution in [0, 0.1) is 0 Å². The molecular formula is C24H17N3O3. The lowest BCUT2D eigenvalue weighted by atomic mass is 10.1. The predicted molar refractivity (Wildman–Crippen MR) is 115 cm³/mol. The van der Waals surface area contributed by atoms with Crippen molar-refractivity contribution >= 4 is 33.6 Å². The molecule has 0 unspecified atom stereocenters. The normalized spacial score (nSPS) is 10.9. The Bertz CT molecular complexity index is 1310. The molecule has 2 aromatic heterocycles. The summed E-state index contributed by atoms with van der Waals surface area (Å²) in [5.41, 5.74) is 2.67. The summed E-state index contributed by atoms with van der Waals surface area (Å²) >= 11 is 0. The van der Waals surface area contributed by atoms with E-state index in [9.17, 15) is 4.79 Å². The molecule has 0 aliphatic rings. The molecule has 2 heterocycles. The van der Waals surface area contributed by atoms with Crippen LogP contribution in [0.4, 0.5) is 5.69 Å². The third-order valence-electron chi connectivity index (χ3n) is 4.67. The van der Waals surface area contributed by atoms with Crippen molar-refractivity contribution in [3.05, 3.63) is 85.1 Å². The van der Waals surface area contributed by atoms with Crippen molar-refractivity contribution in [2.75, 3.05) is 11.9 Å². The van der Waals surface area contributed by atoms with E-state index in [2.05, 4.69) is 15.3 Å². The monoisotopic (exact) mass is 395 g/mol. The van der Waals surface area contributed by atoms with Gasteiger partial charge in [0.1, 0.15) is 11.3 Å². The lowest BCUT2D eigenvalue weighted by Crippen LogP contribution is -2.20. The Labute approximate surface area is 172 Å². The molecule has 3 aromatic carbocycles. The average molecular weight is 395 g/mol. The van der Waals surface area contributed by atoms with Gasteiger partial charge in [0.05, 0.1) is 0 Å². The number of carbonyl (C=O) groups excluding carboxylic acids is 1. The van der Waals surface area contributed by atoms with Gasteiger partial charge in [-0.05, 0) is 59.3 Å². The molecule has 0 radical (unpaired) electrons. The molecule has 1 amide bonds. The summed E-state index contributed by atoms with van der Waals surface area (Å²) < 4.78 is 11.3. The summed E-state index contributed by atoms with van der Waals surface area (Å²) in [7, 11) is 0. The van der Waals surface area contributed by atoms with Crippen LogP contribution >= 0.6 is 0 Å². The van der Waals surface area contributed by atoms with Gasteiger partial charge in [-0.2, -0.15) is 0 Å². The third kappa shape index (κ3) is 3.71. The fraction of sp³-hybridized carbons (Fsp3) is 0.0417. The van der Waals surface area contributed by atoms with Crippen LogP contribution in [0.1, 0.15) is 0 Å². The zero-order valence-electron chi connectivity index (χ0n) is 15.9. The highest BCUT2D eigenvalue weighted by Crippen LogP contribution is 2.24. The van der Waals surface area contributed by atoms with Crippen LogP contribution in [0.25, 0.3) is 33.5 Å². The van der Waals surface area contributed by atoms with E-state index in [4.69, 9.17) is 9.15 Å². The van der Waals surface area contributed by atoms with E-state index >= 15 is 0 Å². The Balaban J connectivity index is 1.22. The number of anilines is 1. The molecule has 0 saturated heterocycles. The smallest absolute Gasteiger partial charge is 0.262 e. The molecule has 30 heavy (non-hydrogen) atoms. The SMILES string of the molecule is O=C(COc1ccc2ccccc2c1)Nc1ccc(-c2nc3cccnc3o2)cc1. The molecule has 0 aliphatic carbocycles. The summed E-state index contributed by atoms with van der Waals surface area (Å²) in [6, 6.07) is 24.7. The Hall–Kier alpha value is -4.19. The second-order valence-corrected chi connectivity index (χ2v) is 6.77. The minimum atomic E-state index is -0.234. The molecule has 0 bridgehead atoms. The van der Waals surface area contributed by atoms with E-state index < -0.39 is 0 Å². The number of nitrogens with one attached hydrogen (secondary N) is 1. The Morgan fingerprint density at radius 1 is 0.933 bits per heavy atom. The van der Waals surface area contributed by atoms with Gasteiger partial charge in [0.2, 0.25) is 11.6 Å². The van der Waals surface area contributed by atoms with Crippen molar-refractivity contribution in [1.82, 2.24) is 9.97 Å². The predicted octanol–water partition coefficient (Wildman–Crippen LogP) is 5.06. The molecule has 0 fully saturated rings. The van der Waals surface area contributed by atoms with Crippen molar-refractivity contribution in [2.24, 2.45) is 0 Å². The molecule has 5 rings (SSSR count). The van der Waals surface area contributed by atoms with Gasteiger partial charge in [-0.15, -0.1) is 0 Å². The number of amides is 1. The summed E-state index contributed by atoms with van der Waals surface area (Å²) in [6.45, 7) is -0.0725. The van der Waals surface area contributed by atoms with E-state index in [-0.39, 0.29) is 12.5 Å². The van der Waals surface area contributed by atoms with Crippen LogP contribution in [0.15, 0.2) is 89.5 Å². The zero-order valence-corrected chi connectivity index (χ0v) is 15.9. The van der Waals surface area contributed by atoms with Gasteiger partial charge < -0.3 is 14.5 Å². The highest BCUT2D eigenvalue weighted by molar-refractivity contribution is 5.92. The minimum Gasteiger partial charge on any atom is -0.484 e. The zero-order chi connectivity index (χ0) is 20.3. The molecule has 6 heteroatoms. The number of hydrogen-bond donors (Lipinski definition) is 1. The van der Waals surface area contributed by atoms with E-state index in [0.717, 1.165) is 16.3 Å². The molecule has 146 valence electrons. The minimum absolute atomic E-state index is 0.0725. The molecule has 0 spiro atoms. The number of fused-ring (bicyclic) bond motifs is 2. The third-order valence-corrected chi connectivity index (χ3v) is 4.67. The molecule has 0 aliphatic heterocycles. The number of pyridine rings is 1. The summed E-state index contributed by atoms with van der Waals surface area (Å²) in [5.74, 6) is 0.909. The van der Waals surface area contributed by atoms with Crippen molar-refractivity contribution in [3.63, 3.8) is 0 Å². The molecular weight excluding hydrogens is 378 g/mol. The van der Waals surface area contributed by atoms with Gasteiger partial charge >= 0.3 is 0 Å². The summed E-state index contributed by atoms with van der Waals surface area (Å²) in [4.78, 5) is 20.8. The second-order valence-electron chi connectivity index (χ2n) is 6.77. The maximum atomic E-state index is 12.2. The van der Waals surface area contributed by atoms with Crippen LogP contribution in [0.5, 0.6) is 5.75 Å². The van der Waals surface area contributed by atoms with Gasteiger partial charge in [-0.1, -0.05) is 30.3 Å². The quantitative estimate of drug-likeness (QED) is 0.450. The Morgan fingerprint density at radius 2 is 1.77 bits per heavy atom. The van der Waals surface area contributed by atoms with Crippen molar-refractivity contribution in [1.29, 1.82) is 0 Å². The van der Waals surface area contributed by atoms with Gasteiger partial charge in [0.25, 0.3) is 5.91 Å². The van der Waals surface area contributed by atoms with Crippen LogP contribution in [0.3, 0.4) is 0 Å². The highest BCUT2D eigenvalue weighted by Gasteiger charge is 2.09. The number of rotatable bonds is 5. The van der Waals surface area contributed by atoms with Crippen molar-refractivity contribution < 1.29 is 13.9 Å². The van der Waals surface area contributed by atoms with Gasteiger partial charge in [-0.25, -0.2) is 9.97 Å². The Kier molecular flexibility index (Phi) is 4.57. The fourth-order valence-electron chi connectivity index (χ4n) is 3.19. The largest absolute Gasteiger partial charge is 0.484 e. The first-order chi connectivity index (χ1) is 14.7. The molecule has 6 nitrogen and oxygen atoms in total. The average Bonchev–Trinajstić information content (AvgIpc) is 3.22. The van der Waals surface area contributed by atoms with Crippen molar-refractivity contribution in [2.45, 2.75) is 0 Å². The maximum absolute atomic E-state index is 12.2.